The van der Waals surface area contributed by atoms with Gasteiger partial charge in [0.25, 0.3) is 0 Å². The fourth-order valence-corrected chi connectivity index (χ4v) is 3.51. The van der Waals surface area contributed by atoms with E-state index in [1.807, 2.05) is 0 Å². The van der Waals surface area contributed by atoms with Crippen molar-refractivity contribution in [1.82, 2.24) is 10.2 Å². The lowest BCUT2D eigenvalue weighted by Gasteiger charge is -2.41. The maximum absolute atomic E-state index is 3.41. The van der Waals surface area contributed by atoms with Gasteiger partial charge in [0.05, 0.1) is 0 Å². The quantitative estimate of drug-likeness (QED) is 0.809. The summed E-state index contributed by atoms with van der Waals surface area (Å²) in [7, 11) is 0. The molecule has 1 aromatic rings. The van der Waals surface area contributed by atoms with Crippen molar-refractivity contribution in [3.05, 3.63) is 35.4 Å². The van der Waals surface area contributed by atoms with Crippen molar-refractivity contribution < 1.29 is 0 Å². The van der Waals surface area contributed by atoms with Crippen LogP contribution in [0.4, 0.5) is 0 Å². The van der Waals surface area contributed by atoms with E-state index in [1.54, 1.807) is 0 Å². The largest absolute Gasteiger partial charge is 0.313 e. The van der Waals surface area contributed by atoms with Crippen molar-refractivity contribution in [1.29, 1.82) is 0 Å². The van der Waals surface area contributed by atoms with Gasteiger partial charge in [0.1, 0.15) is 0 Å². The van der Waals surface area contributed by atoms with Crippen LogP contribution < -0.4 is 5.32 Å². The molecule has 0 unspecified atom stereocenters. The van der Waals surface area contributed by atoms with E-state index in [1.165, 1.54) is 49.9 Å². The van der Waals surface area contributed by atoms with E-state index >= 15 is 0 Å². The summed E-state index contributed by atoms with van der Waals surface area (Å²) in [5.74, 6) is 0. The molecule has 1 fully saturated rings. The van der Waals surface area contributed by atoms with E-state index in [0.717, 1.165) is 19.6 Å². The second-order valence-electron chi connectivity index (χ2n) is 6.58. The molecule has 2 rings (SSSR count). The molecule has 0 bridgehead atoms. The highest BCUT2D eigenvalue weighted by Gasteiger charge is 2.30. The Balaban J connectivity index is 1.88. The van der Waals surface area contributed by atoms with Crippen molar-refractivity contribution in [2.75, 3.05) is 19.6 Å². The molecule has 118 valence electrons. The Hall–Kier alpha value is -0.860. The molecule has 1 heterocycles. The van der Waals surface area contributed by atoms with E-state index in [4.69, 9.17) is 0 Å². The average Bonchev–Trinajstić information content (AvgIpc) is 2.54. The summed E-state index contributed by atoms with van der Waals surface area (Å²) < 4.78 is 0. The highest BCUT2D eigenvalue weighted by Crippen LogP contribution is 2.38. The number of nitrogens with one attached hydrogen (secondary N) is 1. The SMILES string of the molecule is CCNCc1cccc(CN2CCC(CC)(CC)CC2)c1. The minimum atomic E-state index is 0.628. The minimum absolute atomic E-state index is 0.628. The second kappa shape index (κ2) is 7.95. The van der Waals surface area contributed by atoms with Crippen LogP contribution in [0.1, 0.15) is 57.6 Å². The van der Waals surface area contributed by atoms with Gasteiger partial charge in [-0.2, -0.15) is 0 Å². The Kier molecular flexibility index (Phi) is 6.25. The van der Waals surface area contributed by atoms with Crippen LogP contribution in [0.25, 0.3) is 0 Å². The first-order valence-corrected chi connectivity index (χ1v) is 8.72. The van der Waals surface area contributed by atoms with E-state index in [2.05, 4.69) is 55.3 Å². The molecule has 2 nitrogen and oxygen atoms in total. The Morgan fingerprint density at radius 3 is 2.33 bits per heavy atom. The molecule has 0 spiro atoms. The highest BCUT2D eigenvalue weighted by molar-refractivity contribution is 5.23. The Bertz CT molecular complexity index is 413. The van der Waals surface area contributed by atoms with Gasteiger partial charge in [0.15, 0.2) is 0 Å². The molecule has 0 atom stereocenters. The van der Waals surface area contributed by atoms with Crippen molar-refractivity contribution >= 4 is 0 Å². The van der Waals surface area contributed by atoms with Crippen LogP contribution in [0.3, 0.4) is 0 Å². The van der Waals surface area contributed by atoms with E-state index in [0.29, 0.717) is 5.41 Å². The smallest absolute Gasteiger partial charge is 0.0233 e. The number of hydrogen-bond donors (Lipinski definition) is 1. The van der Waals surface area contributed by atoms with Crippen LogP contribution in [-0.4, -0.2) is 24.5 Å². The predicted molar refractivity (Wildman–Crippen MR) is 91.3 cm³/mol. The van der Waals surface area contributed by atoms with E-state index in [9.17, 15) is 0 Å². The second-order valence-corrected chi connectivity index (χ2v) is 6.58. The van der Waals surface area contributed by atoms with Crippen molar-refractivity contribution in [3.8, 4) is 0 Å². The zero-order valence-electron chi connectivity index (χ0n) is 14.1. The van der Waals surface area contributed by atoms with Gasteiger partial charge in [-0.15, -0.1) is 0 Å². The van der Waals surface area contributed by atoms with Gasteiger partial charge in [-0.1, -0.05) is 57.9 Å². The van der Waals surface area contributed by atoms with Gasteiger partial charge < -0.3 is 5.32 Å². The summed E-state index contributed by atoms with van der Waals surface area (Å²) in [5.41, 5.74) is 3.50. The minimum Gasteiger partial charge on any atom is -0.313 e. The summed E-state index contributed by atoms with van der Waals surface area (Å²) in [4.78, 5) is 2.63. The molecule has 0 radical (unpaired) electrons. The summed E-state index contributed by atoms with van der Waals surface area (Å²) in [6.07, 6.45) is 5.43. The third-order valence-electron chi connectivity index (χ3n) is 5.39. The summed E-state index contributed by atoms with van der Waals surface area (Å²) in [6.45, 7) is 12.5. The molecule has 0 amide bonds. The first-order valence-electron chi connectivity index (χ1n) is 8.72. The van der Waals surface area contributed by atoms with Gasteiger partial charge >= 0.3 is 0 Å². The third-order valence-corrected chi connectivity index (χ3v) is 5.39. The molecule has 1 aliphatic heterocycles. The first-order chi connectivity index (χ1) is 10.2. The first kappa shape index (κ1) is 16.5. The zero-order chi connectivity index (χ0) is 15.1. The van der Waals surface area contributed by atoms with Gasteiger partial charge in [0.2, 0.25) is 0 Å². The number of rotatable bonds is 7. The summed E-state index contributed by atoms with van der Waals surface area (Å²) >= 11 is 0. The van der Waals surface area contributed by atoms with Crippen LogP contribution in [0.2, 0.25) is 0 Å². The average molecular weight is 288 g/mol. The topological polar surface area (TPSA) is 15.3 Å². The standard InChI is InChI=1S/C19H32N2/c1-4-19(5-2)10-12-21(13-11-19)16-18-9-7-8-17(14-18)15-20-6-3/h7-9,14,20H,4-6,10-13,15-16H2,1-3H3. The fraction of sp³-hybridized carbons (Fsp3) is 0.684. The van der Waals surface area contributed by atoms with E-state index < -0.39 is 0 Å². The molecule has 21 heavy (non-hydrogen) atoms. The number of piperidine rings is 1. The van der Waals surface area contributed by atoms with Crippen molar-refractivity contribution in [3.63, 3.8) is 0 Å². The molecule has 0 aliphatic carbocycles. The molecule has 2 heteroatoms. The molecule has 1 aromatic carbocycles. The maximum atomic E-state index is 3.41. The predicted octanol–water partition coefficient (Wildman–Crippen LogP) is 4.20. The fourth-order valence-electron chi connectivity index (χ4n) is 3.51. The monoisotopic (exact) mass is 288 g/mol. The lowest BCUT2D eigenvalue weighted by Crippen LogP contribution is -2.39. The van der Waals surface area contributed by atoms with E-state index in [-0.39, 0.29) is 0 Å². The normalized spacial score (nSPS) is 18.8. The number of benzene rings is 1. The van der Waals surface area contributed by atoms with Crippen molar-refractivity contribution in [2.24, 2.45) is 5.41 Å². The van der Waals surface area contributed by atoms with Crippen LogP contribution >= 0.6 is 0 Å². The number of likely N-dealkylation sites (tertiary alicyclic amines) is 1. The molecule has 1 aliphatic rings. The molecule has 1 N–H and O–H groups in total. The maximum Gasteiger partial charge on any atom is 0.0233 e. The Morgan fingerprint density at radius 2 is 1.71 bits per heavy atom. The highest BCUT2D eigenvalue weighted by atomic mass is 15.1. The molecule has 1 saturated heterocycles. The van der Waals surface area contributed by atoms with Gasteiger partial charge in [-0.3, -0.25) is 4.90 Å². The molecule has 0 saturated carbocycles. The van der Waals surface area contributed by atoms with Gasteiger partial charge in [0, 0.05) is 13.1 Å². The van der Waals surface area contributed by atoms with Crippen LogP contribution in [0.5, 0.6) is 0 Å². The van der Waals surface area contributed by atoms with Gasteiger partial charge in [-0.05, 0) is 49.0 Å². The molecular formula is C19H32N2. The van der Waals surface area contributed by atoms with Crippen LogP contribution in [-0.2, 0) is 13.1 Å². The van der Waals surface area contributed by atoms with Crippen LogP contribution in [0, 0.1) is 5.41 Å². The third kappa shape index (κ3) is 4.55. The number of nitrogens with zero attached hydrogens (tertiary/aromatic N) is 1. The summed E-state index contributed by atoms with van der Waals surface area (Å²) in [6, 6.07) is 9.07. The lowest BCUT2D eigenvalue weighted by molar-refractivity contribution is 0.0909. The zero-order valence-corrected chi connectivity index (χ0v) is 14.1. The Morgan fingerprint density at radius 1 is 1.05 bits per heavy atom. The number of hydrogen-bond acceptors (Lipinski definition) is 2. The summed E-state index contributed by atoms with van der Waals surface area (Å²) in [5, 5.41) is 3.41. The molecule has 0 aromatic heterocycles. The Labute approximate surface area is 130 Å². The van der Waals surface area contributed by atoms with Crippen LogP contribution in [0.15, 0.2) is 24.3 Å². The van der Waals surface area contributed by atoms with Gasteiger partial charge in [-0.25, -0.2) is 0 Å². The molecular weight excluding hydrogens is 256 g/mol. The lowest BCUT2D eigenvalue weighted by atomic mass is 9.74. The van der Waals surface area contributed by atoms with Crippen molar-refractivity contribution in [2.45, 2.75) is 59.5 Å².